The molecule has 1 heterocycles. The number of nitrogens with zero attached hydrogens (tertiary/aromatic N) is 1. The predicted molar refractivity (Wildman–Crippen MR) is 78.0 cm³/mol. The Morgan fingerprint density at radius 2 is 2.30 bits per heavy atom. The molecule has 0 aliphatic carbocycles. The van der Waals surface area contributed by atoms with Gasteiger partial charge in [-0.05, 0) is 37.5 Å². The van der Waals surface area contributed by atoms with Gasteiger partial charge in [0.15, 0.2) is 0 Å². The molecule has 0 saturated carbocycles. The molecule has 0 radical (unpaired) electrons. The van der Waals surface area contributed by atoms with Gasteiger partial charge in [0.2, 0.25) is 5.91 Å². The third-order valence-corrected chi connectivity index (χ3v) is 3.88. The van der Waals surface area contributed by atoms with E-state index in [1.54, 1.807) is 13.1 Å². The molecule has 1 unspecified atom stereocenters. The number of amides is 1. The molecule has 4 nitrogen and oxygen atoms in total. The Hall–Kier alpha value is -1.62. The monoisotopic (exact) mass is 279 g/mol. The van der Waals surface area contributed by atoms with E-state index in [0.717, 1.165) is 24.9 Å². The zero-order valence-electron chi connectivity index (χ0n) is 12.0. The van der Waals surface area contributed by atoms with Crippen LogP contribution in [0.1, 0.15) is 31.4 Å². The molecule has 1 aliphatic rings. The molecule has 0 bridgehead atoms. The number of hydrogen-bond donors (Lipinski definition) is 2. The number of nitrogens with two attached hydrogens (primary N) is 1. The van der Waals surface area contributed by atoms with Crippen molar-refractivity contribution in [2.75, 3.05) is 25.0 Å². The molecule has 1 aliphatic heterocycles. The lowest BCUT2D eigenvalue weighted by atomic mass is 9.96. The van der Waals surface area contributed by atoms with E-state index in [2.05, 4.69) is 5.32 Å². The molecule has 1 aromatic carbocycles. The van der Waals surface area contributed by atoms with Crippen LogP contribution >= 0.6 is 0 Å². The maximum Gasteiger partial charge on any atom is 0.224 e. The van der Waals surface area contributed by atoms with Crippen molar-refractivity contribution in [2.24, 2.45) is 11.7 Å². The second-order valence-corrected chi connectivity index (χ2v) is 5.40. The van der Waals surface area contributed by atoms with Crippen LogP contribution in [0, 0.1) is 11.7 Å². The second-order valence-electron chi connectivity index (χ2n) is 5.40. The van der Waals surface area contributed by atoms with E-state index in [0.29, 0.717) is 12.2 Å². The van der Waals surface area contributed by atoms with Gasteiger partial charge < -0.3 is 16.0 Å². The minimum atomic E-state index is -0.266. The van der Waals surface area contributed by atoms with Crippen LogP contribution in [-0.2, 0) is 4.79 Å². The zero-order chi connectivity index (χ0) is 14.7. The van der Waals surface area contributed by atoms with E-state index < -0.39 is 0 Å². The maximum atomic E-state index is 14.2. The summed E-state index contributed by atoms with van der Waals surface area (Å²) in [6.45, 7) is 3.17. The summed E-state index contributed by atoms with van der Waals surface area (Å²) in [4.78, 5) is 13.7. The Labute approximate surface area is 119 Å². The minimum Gasteiger partial charge on any atom is -0.368 e. The van der Waals surface area contributed by atoms with Gasteiger partial charge in [-0.3, -0.25) is 4.79 Å². The largest absolute Gasteiger partial charge is 0.368 e. The molecule has 1 amide bonds. The molecule has 5 heteroatoms. The average molecular weight is 279 g/mol. The highest BCUT2D eigenvalue weighted by Crippen LogP contribution is 2.27. The Kier molecular flexibility index (Phi) is 4.60. The molecule has 0 aromatic heterocycles. The second kappa shape index (κ2) is 6.22. The first-order chi connectivity index (χ1) is 9.52. The van der Waals surface area contributed by atoms with Crippen molar-refractivity contribution in [1.82, 2.24) is 5.32 Å². The summed E-state index contributed by atoms with van der Waals surface area (Å²) in [5.41, 5.74) is 7.10. The number of rotatable bonds is 3. The number of nitrogens with one attached hydrogen (secondary N) is 1. The lowest BCUT2D eigenvalue weighted by Crippen LogP contribution is -2.42. The molecule has 1 saturated heterocycles. The molecule has 1 aromatic rings. The topological polar surface area (TPSA) is 58.4 Å². The summed E-state index contributed by atoms with van der Waals surface area (Å²) in [5.74, 6) is -0.305. The molecule has 20 heavy (non-hydrogen) atoms. The summed E-state index contributed by atoms with van der Waals surface area (Å²) < 4.78 is 14.2. The lowest BCUT2D eigenvalue weighted by molar-refractivity contribution is -0.124. The van der Waals surface area contributed by atoms with Gasteiger partial charge in [0.25, 0.3) is 0 Å². The van der Waals surface area contributed by atoms with Crippen molar-refractivity contribution in [3.63, 3.8) is 0 Å². The summed E-state index contributed by atoms with van der Waals surface area (Å²) in [7, 11) is 1.64. The Morgan fingerprint density at radius 1 is 1.55 bits per heavy atom. The third-order valence-electron chi connectivity index (χ3n) is 3.88. The molecule has 3 N–H and O–H groups in total. The van der Waals surface area contributed by atoms with E-state index >= 15 is 0 Å². The SMILES string of the molecule is CNC(=O)C1CCCN(c2ccc([C@H](C)N)cc2F)C1. The minimum absolute atomic E-state index is 0.0299. The van der Waals surface area contributed by atoms with Gasteiger partial charge in [-0.15, -0.1) is 0 Å². The van der Waals surface area contributed by atoms with Crippen LogP contribution in [0.25, 0.3) is 0 Å². The molecule has 110 valence electrons. The molecular weight excluding hydrogens is 257 g/mol. The zero-order valence-corrected chi connectivity index (χ0v) is 12.0. The Bertz CT molecular complexity index is 490. The highest BCUT2D eigenvalue weighted by molar-refractivity contribution is 5.79. The van der Waals surface area contributed by atoms with Crippen LogP contribution in [0.3, 0.4) is 0 Å². The van der Waals surface area contributed by atoms with Crippen molar-refractivity contribution in [3.05, 3.63) is 29.6 Å². The van der Waals surface area contributed by atoms with E-state index in [4.69, 9.17) is 5.73 Å². The fraction of sp³-hybridized carbons (Fsp3) is 0.533. The number of anilines is 1. The number of hydrogen-bond acceptors (Lipinski definition) is 3. The molecular formula is C15H22FN3O. The normalized spacial score (nSPS) is 20.6. The maximum absolute atomic E-state index is 14.2. The van der Waals surface area contributed by atoms with Crippen molar-refractivity contribution in [2.45, 2.75) is 25.8 Å². The first-order valence-electron chi connectivity index (χ1n) is 7.04. The fourth-order valence-corrected chi connectivity index (χ4v) is 2.68. The molecule has 2 atom stereocenters. The van der Waals surface area contributed by atoms with Gasteiger partial charge in [-0.25, -0.2) is 4.39 Å². The highest BCUT2D eigenvalue weighted by atomic mass is 19.1. The van der Waals surface area contributed by atoms with Crippen LogP contribution in [0.15, 0.2) is 18.2 Å². The number of piperidine rings is 1. The standard InChI is InChI=1S/C15H22FN3O/c1-10(17)11-5-6-14(13(16)8-11)19-7-3-4-12(9-19)15(20)18-2/h5-6,8,10,12H,3-4,7,9,17H2,1-2H3,(H,18,20)/t10-,12?/m0/s1. The van der Waals surface area contributed by atoms with E-state index in [-0.39, 0.29) is 23.7 Å². The highest BCUT2D eigenvalue weighted by Gasteiger charge is 2.26. The van der Waals surface area contributed by atoms with Gasteiger partial charge in [-0.2, -0.15) is 0 Å². The fourth-order valence-electron chi connectivity index (χ4n) is 2.68. The van der Waals surface area contributed by atoms with Gasteiger partial charge in [0, 0.05) is 26.2 Å². The molecule has 1 fully saturated rings. The quantitative estimate of drug-likeness (QED) is 0.887. The smallest absolute Gasteiger partial charge is 0.224 e. The molecule has 0 spiro atoms. The van der Waals surface area contributed by atoms with Crippen LogP contribution in [-0.4, -0.2) is 26.0 Å². The van der Waals surface area contributed by atoms with Gasteiger partial charge >= 0.3 is 0 Å². The van der Waals surface area contributed by atoms with Gasteiger partial charge in [0.05, 0.1) is 11.6 Å². The number of halogens is 1. The van der Waals surface area contributed by atoms with Crippen molar-refractivity contribution in [3.8, 4) is 0 Å². The summed E-state index contributed by atoms with van der Waals surface area (Å²) in [6.07, 6.45) is 1.75. The lowest BCUT2D eigenvalue weighted by Gasteiger charge is -2.33. The van der Waals surface area contributed by atoms with Crippen molar-refractivity contribution >= 4 is 11.6 Å². The van der Waals surface area contributed by atoms with Crippen LogP contribution < -0.4 is 16.0 Å². The summed E-state index contributed by atoms with van der Waals surface area (Å²) >= 11 is 0. The predicted octanol–water partition coefficient (Wildman–Crippen LogP) is 1.81. The number of carbonyl (C=O) groups is 1. The van der Waals surface area contributed by atoms with Crippen LogP contribution in [0.2, 0.25) is 0 Å². The van der Waals surface area contributed by atoms with E-state index in [1.807, 2.05) is 17.9 Å². The van der Waals surface area contributed by atoms with Crippen LogP contribution in [0.4, 0.5) is 10.1 Å². The first-order valence-corrected chi connectivity index (χ1v) is 7.04. The van der Waals surface area contributed by atoms with Crippen LogP contribution in [0.5, 0.6) is 0 Å². The number of carbonyl (C=O) groups excluding carboxylic acids is 1. The number of benzene rings is 1. The van der Waals surface area contributed by atoms with Crippen molar-refractivity contribution in [1.29, 1.82) is 0 Å². The van der Waals surface area contributed by atoms with Crippen molar-refractivity contribution < 1.29 is 9.18 Å². The first kappa shape index (κ1) is 14.8. The Morgan fingerprint density at radius 3 is 2.90 bits per heavy atom. The average Bonchev–Trinajstić information content (AvgIpc) is 2.46. The summed E-state index contributed by atoms with van der Waals surface area (Å²) in [6, 6.07) is 4.93. The third kappa shape index (κ3) is 3.10. The molecule has 2 rings (SSSR count). The Balaban J connectivity index is 2.17. The van der Waals surface area contributed by atoms with E-state index in [1.165, 1.54) is 6.07 Å². The summed E-state index contributed by atoms with van der Waals surface area (Å²) in [5, 5.41) is 2.67. The van der Waals surface area contributed by atoms with Gasteiger partial charge in [-0.1, -0.05) is 6.07 Å². The van der Waals surface area contributed by atoms with E-state index in [9.17, 15) is 9.18 Å². The van der Waals surface area contributed by atoms with Gasteiger partial charge in [0.1, 0.15) is 5.82 Å².